The van der Waals surface area contributed by atoms with Crippen molar-refractivity contribution in [2.24, 2.45) is 24.8 Å². The van der Waals surface area contributed by atoms with Gasteiger partial charge in [0.1, 0.15) is 0 Å². The largest absolute Gasteiger partial charge is 0.316 e. The molecule has 0 spiro atoms. The molecule has 0 saturated carbocycles. The Bertz CT molecular complexity index is 555. The van der Waals surface area contributed by atoms with Crippen LogP contribution in [-0.2, 0) is 23.3 Å². The van der Waals surface area contributed by atoms with Crippen molar-refractivity contribution in [1.82, 2.24) is 25.5 Å². The molecule has 1 saturated heterocycles. The summed E-state index contributed by atoms with van der Waals surface area (Å²) in [6.45, 7) is 6.05. The quantitative estimate of drug-likeness (QED) is 0.764. The molecule has 1 fully saturated rings. The number of nitrogens with one attached hydrogen (secondary N) is 1. The number of aromatic nitrogens is 4. The third-order valence-corrected chi connectivity index (χ3v) is 5.68. The predicted molar refractivity (Wildman–Crippen MR) is 80.5 cm³/mol. The molecule has 7 nitrogen and oxygen atoms in total. The SMILES string of the molecule is CC(C)CNCC(Cc1nnn(C)n1)C1CCS(=O)(=O)C1. The second-order valence-corrected chi connectivity index (χ2v) is 8.60. The fourth-order valence-electron chi connectivity index (χ4n) is 2.80. The van der Waals surface area contributed by atoms with Crippen LogP contribution in [0.3, 0.4) is 0 Å². The predicted octanol–water partition coefficient (Wildman–Crippen LogP) is 0.0491. The zero-order chi connectivity index (χ0) is 15.5. The molecule has 2 rings (SSSR count). The van der Waals surface area contributed by atoms with E-state index in [4.69, 9.17) is 0 Å². The van der Waals surface area contributed by atoms with Crippen LogP contribution in [-0.4, -0.2) is 53.2 Å². The van der Waals surface area contributed by atoms with Gasteiger partial charge in [-0.25, -0.2) is 8.42 Å². The second-order valence-electron chi connectivity index (χ2n) is 6.37. The highest BCUT2D eigenvalue weighted by Gasteiger charge is 2.34. The number of sulfone groups is 1. The van der Waals surface area contributed by atoms with Gasteiger partial charge in [-0.2, -0.15) is 4.80 Å². The first-order chi connectivity index (χ1) is 9.85. The molecule has 1 aromatic heterocycles. The molecule has 120 valence electrons. The molecular formula is C13H25N5O2S. The van der Waals surface area contributed by atoms with Crippen molar-refractivity contribution in [3.05, 3.63) is 5.82 Å². The summed E-state index contributed by atoms with van der Waals surface area (Å²) in [5.74, 6) is 2.31. The number of tetrazole rings is 1. The van der Waals surface area contributed by atoms with E-state index in [0.29, 0.717) is 29.7 Å². The van der Waals surface area contributed by atoms with E-state index < -0.39 is 9.84 Å². The minimum Gasteiger partial charge on any atom is -0.316 e. The van der Waals surface area contributed by atoms with E-state index in [0.717, 1.165) is 19.5 Å². The monoisotopic (exact) mass is 315 g/mol. The van der Waals surface area contributed by atoms with Gasteiger partial charge in [-0.3, -0.25) is 0 Å². The van der Waals surface area contributed by atoms with Gasteiger partial charge < -0.3 is 5.32 Å². The van der Waals surface area contributed by atoms with E-state index >= 15 is 0 Å². The van der Waals surface area contributed by atoms with E-state index in [2.05, 4.69) is 34.6 Å². The fraction of sp³-hybridized carbons (Fsp3) is 0.923. The molecule has 2 atom stereocenters. The number of aryl methyl sites for hydroxylation is 1. The summed E-state index contributed by atoms with van der Waals surface area (Å²) in [4.78, 5) is 1.44. The van der Waals surface area contributed by atoms with Crippen molar-refractivity contribution in [2.75, 3.05) is 24.6 Å². The summed E-state index contributed by atoms with van der Waals surface area (Å²) in [6, 6.07) is 0. The molecule has 1 aliphatic rings. The van der Waals surface area contributed by atoms with Gasteiger partial charge in [0.15, 0.2) is 15.7 Å². The number of hydrogen-bond acceptors (Lipinski definition) is 6. The first-order valence-corrected chi connectivity index (χ1v) is 9.32. The molecule has 0 aromatic carbocycles. The maximum absolute atomic E-state index is 11.7. The van der Waals surface area contributed by atoms with Crippen molar-refractivity contribution in [3.63, 3.8) is 0 Å². The van der Waals surface area contributed by atoms with Crippen LogP contribution in [0.4, 0.5) is 0 Å². The van der Waals surface area contributed by atoms with E-state index in [-0.39, 0.29) is 11.8 Å². The van der Waals surface area contributed by atoms with E-state index in [1.807, 2.05) is 0 Å². The maximum atomic E-state index is 11.7. The average molecular weight is 315 g/mol. The Balaban J connectivity index is 1.99. The van der Waals surface area contributed by atoms with Crippen molar-refractivity contribution in [3.8, 4) is 0 Å². The minimum absolute atomic E-state index is 0.193. The Morgan fingerprint density at radius 3 is 2.67 bits per heavy atom. The summed E-state index contributed by atoms with van der Waals surface area (Å²) in [7, 11) is -1.12. The smallest absolute Gasteiger partial charge is 0.175 e. The third kappa shape index (κ3) is 5.03. The molecule has 1 aliphatic heterocycles. The van der Waals surface area contributed by atoms with Crippen molar-refractivity contribution >= 4 is 9.84 Å². The molecule has 0 radical (unpaired) electrons. The van der Waals surface area contributed by atoms with E-state index in [1.54, 1.807) is 7.05 Å². The number of nitrogens with zero attached hydrogens (tertiary/aromatic N) is 4. The lowest BCUT2D eigenvalue weighted by molar-refractivity contribution is 0.331. The van der Waals surface area contributed by atoms with Gasteiger partial charge in [-0.15, -0.1) is 10.2 Å². The van der Waals surface area contributed by atoms with Crippen LogP contribution in [0, 0.1) is 17.8 Å². The molecule has 0 bridgehead atoms. The Hall–Kier alpha value is -1.02. The summed E-state index contributed by atoms with van der Waals surface area (Å²) in [5, 5.41) is 15.5. The van der Waals surface area contributed by atoms with Crippen LogP contribution in [0.25, 0.3) is 0 Å². The molecule has 1 N–H and O–H groups in total. The van der Waals surface area contributed by atoms with Crippen molar-refractivity contribution < 1.29 is 8.42 Å². The van der Waals surface area contributed by atoms with Gasteiger partial charge in [-0.1, -0.05) is 13.8 Å². The lowest BCUT2D eigenvalue weighted by Crippen LogP contribution is -2.32. The topological polar surface area (TPSA) is 89.8 Å². The minimum atomic E-state index is -2.86. The van der Waals surface area contributed by atoms with Gasteiger partial charge in [0.2, 0.25) is 0 Å². The third-order valence-electron chi connectivity index (χ3n) is 3.89. The first-order valence-electron chi connectivity index (χ1n) is 7.50. The molecule has 21 heavy (non-hydrogen) atoms. The molecule has 2 heterocycles. The fourth-order valence-corrected chi connectivity index (χ4v) is 4.72. The van der Waals surface area contributed by atoms with Gasteiger partial charge in [-0.05, 0) is 42.5 Å². The summed E-state index contributed by atoms with van der Waals surface area (Å²) in [6.07, 6.45) is 1.43. The lowest BCUT2D eigenvalue weighted by atomic mass is 9.88. The van der Waals surface area contributed by atoms with Crippen LogP contribution < -0.4 is 5.32 Å². The molecule has 0 aliphatic carbocycles. The molecule has 1 aromatic rings. The van der Waals surface area contributed by atoms with Crippen LogP contribution in [0.15, 0.2) is 0 Å². The van der Waals surface area contributed by atoms with Crippen molar-refractivity contribution in [1.29, 1.82) is 0 Å². The summed E-state index contributed by atoms with van der Waals surface area (Å²) >= 11 is 0. The van der Waals surface area contributed by atoms with Crippen LogP contribution >= 0.6 is 0 Å². The highest BCUT2D eigenvalue weighted by atomic mass is 32.2. The standard InChI is InChI=1S/C13H25N5O2S/c1-10(2)7-14-8-12(6-13-15-17-18(3)16-13)11-4-5-21(19,20)9-11/h10-12,14H,4-9H2,1-3H3. The number of rotatable bonds is 7. The highest BCUT2D eigenvalue weighted by Crippen LogP contribution is 2.27. The Morgan fingerprint density at radius 1 is 1.38 bits per heavy atom. The van der Waals surface area contributed by atoms with Gasteiger partial charge >= 0.3 is 0 Å². The normalized spacial score (nSPS) is 22.8. The maximum Gasteiger partial charge on any atom is 0.175 e. The van der Waals surface area contributed by atoms with Gasteiger partial charge in [0, 0.05) is 6.42 Å². The van der Waals surface area contributed by atoms with Gasteiger partial charge in [0.05, 0.1) is 18.6 Å². The van der Waals surface area contributed by atoms with Gasteiger partial charge in [0.25, 0.3) is 0 Å². The van der Waals surface area contributed by atoms with Crippen LogP contribution in [0.2, 0.25) is 0 Å². The summed E-state index contributed by atoms with van der Waals surface area (Å²) < 4.78 is 23.4. The van der Waals surface area contributed by atoms with E-state index in [9.17, 15) is 8.42 Å². The lowest BCUT2D eigenvalue weighted by Gasteiger charge is -2.22. The molecular weight excluding hydrogens is 290 g/mol. The molecule has 8 heteroatoms. The van der Waals surface area contributed by atoms with Crippen LogP contribution in [0.5, 0.6) is 0 Å². The Kier molecular flexibility index (Phi) is 5.32. The zero-order valence-corrected chi connectivity index (χ0v) is 13.8. The second kappa shape index (κ2) is 6.83. The molecule has 2 unspecified atom stereocenters. The number of hydrogen-bond donors (Lipinski definition) is 1. The Labute approximate surface area is 126 Å². The summed E-state index contributed by atoms with van der Waals surface area (Å²) in [5.41, 5.74) is 0. The van der Waals surface area contributed by atoms with E-state index in [1.165, 1.54) is 4.80 Å². The highest BCUT2D eigenvalue weighted by molar-refractivity contribution is 7.91. The average Bonchev–Trinajstić information content (AvgIpc) is 2.93. The molecule has 0 amide bonds. The van der Waals surface area contributed by atoms with Crippen molar-refractivity contribution in [2.45, 2.75) is 26.7 Å². The Morgan fingerprint density at radius 2 is 2.14 bits per heavy atom. The first kappa shape index (κ1) is 16.4. The zero-order valence-electron chi connectivity index (χ0n) is 13.0. The van der Waals surface area contributed by atoms with Crippen LogP contribution in [0.1, 0.15) is 26.1 Å².